The van der Waals surface area contributed by atoms with Crippen molar-refractivity contribution in [2.75, 3.05) is 13.2 Å². The van der Waals surface area contributed by atoms with E-state index in [1.807, 2.05) is 11.1 Å². The molecular formula is C18H24N2O2. The molecule has 22 heavy (non-hydrogen) atoms. The zero-order chi connectivity index (χ0) is 15.7. The molecule has 0 aliphatic carbocycles. The van der Waals surface area contributed by atoms with E-state index >= 15 is 0 Å². The lowest BCUT2D eigenvalue weighted by Crippen LogP contribution is -2.50. The highest BCUT2D eigenvalue weighted by Gasteiger charge is 2.31. The Balaban J connectivity index is 1.80. The van der Waals surface area contributed by atoms with E-state index in [0.717, 1.165) is 35.9 Å². The first-order valence-corrected chi connectivity index (χ1v) is 8.07. The Morgan fingerprint density at radius 1 is 1.45 bits per heavy atom. The molecule has 1 aliphatic heterocycles. The zero-order valence-corrected chi connectivity index (χ0v) is 13.3. The number of hydrogen-bond acceptors (Lipinski definition) is 2. The van der Waals surface area contributed by atoms with Crippen LogP contribution < -0.4 is 0 Å². The summed E-state index contributed by atoms with van der Waals surface area (Å²) in [6.07, 6.45) is 4.44. The van der Waals surface area contributed by atoms with Crippen molar-refractivity contribution in [1.29, 1.82) is 0 Å². The number of benzene rings is 1. The number of carbonyl (C=O) groups excluding carboxylic acids is 1. The van der Waals surface area contributed by atoms with Crippen LogP contribution in [-0.4, -0.2) is 40.1 Å². The third kappa shape index (κ3) is 2.75. The molecule has 2 unspecified atom stereocenters. The molecule has 0 bridgehead atoms. The van der Waals surface area contributed by atoms with Crippen molar-refractivity contribution in [3.8, 4) is 0 Å². The van der Waals surface area contributed by atoms with Gasteiger partial charge in [-0.2, -0.15) is 0 Å². The number of aryl methyl sites for hydroxylation is 1. The first-order chi connectivity index (χ1) is 10.6. The van der Waals surface area contributed by atoms with E-state index in [1.54, 1.807) is 0 Å². The number of hydrogen-bond donors (Lipinski definition) is 2. The first kappa shape index (κ1) is 15.1. The summed E-state index contributed by atoms with van der Waals surface area (Å²) in [6, 6.07) is 6.21. The lowest BCUT2D eigenvalue weighted by molar-refractivity contribution is -0.136. The van der Waals surface area contributed by atoms with Crippen LogP contribution in [0.1, 0.15) is 30.9 Å². The molecule has 1 fully saturated rings. The molecule has 4 heteroatoms. The molecule has 2 aromatic rings. The average molecular weight is 300 g/mol. The summed E-state index contributed by atoms with van der Waals surface area (Å²) < 4.78 is 0. The van der Waals surface area contributed by atoms with Crippen molar-refractivity contribution >= 4 is 16.8 Å². The van der Waals surface area contributed by atoms with Crippen molar-refractivity contribution < 1.29 is 9.90 Å². The van der Waals surface area contributed by atoms with Crippen molar-refractivity contribution in [3.05, 3.63) is 35.5 Å². The van der Waals surface area contributed by atoms with Gasteiger partial charge in [-0.15, -0.1) is 0 Å². The summed E-state index contributed by atoms with van der Waals surface area (Å²) in [4.78, 5) is 17.8. The second kappa shape index (κ2) is 6.13. The maximum Gasteiger partial charge on any atom is 0.227 e. The number of carbonyl (C=O) groups is 1. The van der Waals surface area contributed by atoms with Crippen molar-refractivity contribution in [1.82, 2.24) is 9.88 Å². The molecule has 1 amide bonds. The van der Waals surface area contributed by atoms with Crippen molar-refractivity contribution in [2.24, 2.45) is 5.92 Å². The van der Waals surface area contributed by atoms with Gasteiger partial charge in [0.1, 0.15) is 0 Å². The monoisotopic (exact) mass is 300 g/mol. The first-order valence-electron chi connectivity index (χ1n) is 8.07. The number of likely N-dealkylation sites (tertiary alicyclic amines) is 1. The number of piperidine rings is 1. The molecule has 3 rings (SSSR count). The van der Waals surface area contributed by atoms with Gasteiger partial charge in [-0.1, -0.05) is 19.1 Å². The Kier molecular flexibility index (Phi) is 4.21. The lowest BCUT2D eigenvalue weighted by Gasteiger charge is -2.39. The quantitative estimate of drug-likeness (QED) is 0.915. The van der Waals surface area contributed by atoms with Crippen molar-refractivity contribution in [3.63, 3.8) is 0 Å². The number of aliphatic hydroxyl groups excluding tert-OH is 1. The van der Waals surface area contributed by atoms with Crippen LogP contribution in [-0.2, 0) is 11.2 Å². The van der Waals surface area contributed by atoms with Crippen LogP contribution in [0.25, 0.3) is 10.9 Å². The topological polar surface area (TPSA) is 56.3 Å². The number of nitrogens with one attached hydrogen (secondary N) is 1. The minimum absolute atomic E-state index is 0.0336. The highest BCUT2D eigenvalue weighted by Crippen LogP contribution is 2.25. The fourth-order valence-corrected chi connectivity index (χ4v) is 3.55. The van der Waals surface area contributed by atoms with Gasteiger partial charge in [0.05, 0.1) is 19.1 Å². The summed E-state index contributed by atoms with van der Waals surface area (Å²) in [6.45, 7) is 5.00. The van der Waals surface area contributed by atoms with Crippen LogP contribution in [0.2, 0.25) is 0 Å². The predicted molar refractivity (Wildman–Crippen MR) is 87.7 cm³/mol. The number of amides is 1. The van der Waals surface area contributed by atoms with Gasteiger partial charge in [-0.05, 0) is 42.9 Å². The molecule has 2 heterocycles. The summed E-state index contributed by atoms with van der Waals surface area (Å²) in [5.41, 5.74) is 3.32. The van der Waals surface area contributed by atoms with Crippen LogP contribution in [0.15, 0.2) is 24.4 Å². The van der Waals surface area contributed by atoms with E-state index in [2.05, 4.69) is 37.0 Å². The van der Waals surface area contributed by atoms with Gasteiger partial charge in [-0.3, -0.25) is 4.79 Å². The molecule has 1 saturated heterocycles. The summed E-state index contributed by atoms with van der Waals surface area (Å²) in [5, 5.41) is 10.7. The SMILES string of the molecule is Cc1ccc2c(CC(=O)N3CCCC(C)C3CO)c[nH]c2c1. The van der Waals surface area contributed by atoms with Crippen LogP contribution in [0, 0.1) is 12.8 Å². The Morgan fingerprint density at radius 3 is 3.05 bits per heavy atom. The molecule has 0 saturated carbocycles. The Bertz CT molecular complexity index is 677. The summed E-state index contributed by atoms with van der Waals surface area (Å²) >= 11 is 0. The highest BCUT2D eigenvalue weighted by atomic mass is 16.3. The zero-order valence-electron chi connectivity index (χ0n) is 13.3. The molecule has 4 nitrogen and oxygen atoms in total. The maximum absolute atomic E-state index is 12.7. The van der Waals surface area contributed by atoms with Gasteiger partial charge < -0.3 is 15.0 Å². The minimum Gasteiger partial charge on any atom is -0.394 e. The van der Waals surface area contributed by atoms with E-state index < -0.39 is 0 Å². The smallest absolute Gasteiger partial charge is 0.227 e. The average Bonchev–Trinajstić information content (AvgIpc) is 2.89. The van der Waals surface area contributed by atoms with E-state index in [0.29, 0.717) is 12.3 Å². The van der Waals surface area contributed by atoms with Gasteiger partial charge in [-0.25, -0.2) is 0 Å². The normalized spacial score (nSPS) is 22.2. The second-order valence-electron chi connectivity index (χ2n) is 6.50. The van der Waals surface area contributed by atoms with Gasteiger partial charge in [0.15, 0.2) is 0 Å². The Hall–Kier alpha value is -1.81. The Labute approximate surface area is 131 Å². The van der Waals surface area contributed by atoms with Gasteiger partial charge in [0.2, 0.25) is 5.91 Å². The third-order valence-electron chi connectivity index (χ3n) is 4.89. The number of fused-ring (bicyclic) bond motifs is 1. The fraction of sp³-hybridized carbons (Fsp3) is 0.500. The van der Waals surface area contributed by atoms with E-state index in [1.165, 1.54) is 5.56 Å². The standard InChI is InChI=1S/C18H24N2O2/c1-12-5-6-15-14(10-19-16(15)8-12)9-18(22)20-7-3-4-13(2)17(20)11-21/h5-6,8,10,13,17,19,21H,3-4,7,9,11H2,1-2H3. The largest absolute Gasteiger partial charge is 0.394 e. The van der Waals surface area contributed by atoms with Crippen molar-refractivity contribution in [2.45, 2.75) is 39.2 Å². The van der Waals surface area contributed by atoms with Gasteiger partial charge in [0, 0.05) is 23.6 Å². The van der Waals surface area contributed by atoms with E-state index in [9.17, 15) is 9.90 Å². The maximum atomic E-state index is 12.7. The number of H-pyrrole nitrogens is 1. The predicted octanol–water partition coefficient (Wildman–Crippen LogP) is 2.64. The van der Waals surface area contributed by atoms with Gasteiger partial charge >= 0.3 is 0 Å². The molecule has 0 radical (unpaired) electrons. The summed E-state index contributed by atoms with van der Waals surface area (Å²) in [5.74, 6) is 0.486. The molecule has 1 aromatic heterocycles. The van der Waals surface area contributed by atoms with Crippen LogP contribution in [0.4, 0.5) is 0 Å². The molecular weight excluding hydrogens is 276 g/mol. The Morgan fingerprint density at radius 2 is 2.27 bits per heavy atom. The molecule has 2 atom stereocenters. The van der Waals surface area contributed by atoms with Crippen LogP contribution in [0.3, 0.4) is 0 Å². The number of nitrogens with zero attached hydrogens (tertiary/aromatic N) is 1. The third-order valence-corrected chi connectivity index (χ3v) is 4.89. The molecule has 0 spiro atoms. The second-order valence-corrected chi connectivity index (χ2v) is 6.50. The van der Waals surface area contributed by atoms with Crippen LogP contribution >= 0.6 is 0 Å². The molecule has 1 aromatic carbocycles. The minimum atomic E-state index is -0.0336. The number of rotatable bonds is 3. The summed E-state index contributed by atoms with van der Waals surface area (Å²) in [7, 11) is 0. The molecule has 118 valence electrons. The van der Waals surface area contributed by atoms with E-state index in [4.69, 9.17) is 0 Å². The number of aromatic nitrogens is 1. The highest BCUT2D eigenvalue weighted by molar-refractivity contribution is 5.89. The fourth-order valence-electron chi connectivity index (χ4n) is 3.55. The van der Waals surface area contributed by atoms with Gasteiger partial charge in [0.25, 0.3) is 0 Å². The van der Waals surface area contributed by atoms with Crippen LogP contribution in [0.5, 0.6) is 0 Å². The molecule has 1 aliphatic rings. The number of aromatic amines is 1. The number of aliphatic hydroxyl groups is 1. The lowest BCUT2D eigenvalue weighted by atomic mass is 9.91. The molecule has 2 N–H and O–H groups in total. The van der Waals surface area contributed by atoms with E-state index in [-0.39, 0.29) is 18.6 Å².